The third kappa shape index (κ3) is 6.48. The van der Waals surface area contributed by atoms with Crippen molar-refractivity contribution in [3.63, 3.8) is 0 Å². The Hall–Kier alpha value is -0.820. The average molecular weight is 255 g/mol. The normalized spacial score (nSPS) is 18.1. The van der Waals surface area contributed by atoms with Gasteiger partial charge in [0, 0.05) is 25.7 Å². The highest BCUT2D eigenvalue weighted by Crippen LogP contribution is 2.15. The molecule has 1 rings (SSSR count). The van der Waals surface area contributed by atoms with E-state index in [1.54, 1.807) is 0 Å². The molecule has 1 heterocycles. The van der Waals surface area contributed by atoms with Gasteiger partial charge in [-0.25, -0.2) is 0 Å². The number of halogens is 3. The van der Waals surface area contributed by atoms with E-state index in [0.29, 0.717) is 26.1 Å². The van der Waals surface area contributed by atoms with E-state index in [4.69, 9.17) is 4.74 Å². The lowest BCUT2D eigenvalue weighted by molar-refractivity contribution is -0.173. The second-order valence-corrected chi connectivity index (χ2v) is 3.85. The number of hydrogen-bond acceptors (Lipinski definition) is 3. The highest BCUT2D eigenvalue weighted by molar-refractivity contribution is 5.78. The second kappa shape index (κ2) is 6.80. The molecule has 1 aliphatic heterocycles. The molecule has 0 aromatic heterocycles. The van der Waals surface area contributed by atoms with Crippen LogP contribution in [0.5, 0.6) is 0 Å². The average Bonchev–Trinajstić information content (AvgIpc) is 2.28. The Bertz CT molecular complexity index is 239. The van der Waals surface area contributed by atoms with Gasteiger partial charge in [-0.2, -0.15) is 13.2 Å². The van der Waals surface area contributed by atoms with Crippen molar-refractivity contribution in [3.05, 3.63) is 0 Å². The lowest BCUT2D eigenvalue weighted by atomic mass is 9.99. The summed E-state index contributed by atoms with van der Waals surface area (Å²) < 4.78 is 44.6. The highest BCUT2D eigenvalue weighted by Gasteiger charge is 2.27. The van der Waals surface area contributed by atoms with Gasteiger partial charge in [0.05, 0.1) is 6.61 Å². The molecule has 0 aliphatic carbocycles. The minimum Gasteiger partial charge on any atom is -0.381 e. The highest BCUT2D eigenvalue weighted by atomic mass is 19.4. The van der Waals surface area contributed by atoms with Gasteiger partial charge in [-0.05, 0) is 12.8 Å². The Morgan fingerprint density at radius 2 is 2.00 bits per heavy atom. The summed E-state index contributed by atoms with van der Waals surface area (Å²) in [5.74, 6) is -0.227. The summed E-state index contributed by atoms with van der Waals surface area (Å²) in [6.45, 7) is -0.188. The van der Waals surface area contributed by atoms with Crippen LogP contribution >= 0.6 is 0 Å². The van der Waals surface area contributed by atoms with Crippen LogP contribution in [0.1, 0.15) is 12.8 Å². The number of hydrogen-bond donors (Lipinski definition) is 1. The van der Waals surface area contributed by atoms with Crippen molar-refractivity contribution in [1.29, 1.82) is 0 Å². The number of amides is 1. The zero-order valence-corrected chi connectivity index (χ0v) is 9.39. The monoisotopic (exact) mass is 255 g/mol. The SMILES string of the molecule is O=C(NCCOCC(F)(F)F)C1CCOCC1. The predicted octanol–water partition coefficient (Wildman–Crippen LogP) is 1.11. The van der Waals surface area contributed by atoms with Gasteiger partial charge in [0.15, 0.2) is 0 Å². The lowest BCUT2D eigenvalue weighted by Gasteiger charge is -2.21. The van der Waals surface area contributed by atoms with E-state index in [0.717, 1.165) is 0 Å². The summed E-state index contributed by atoms with van der Waals surface area (Å²) in [7, 11) is 0. The van der Waals surface area contributed by atoms with E-state index in [9.17, 15) is 18.0 Å². The van der Waals surface area contributed by atoms with Crippen LogP contribution in [0.4, 0.5) is 13.2 Å². The fourth-order valence-electron chi connectivity index (χ4n) is 1.54. The first-order chi connectivity index (χ1) is 7.99. The molecule has 17 heavy (non-hydrogen) atoms. The van der Waals surface area contributed by atoms with Crippen LogP contribution in [0.2, 0.25) is 0 Å². The molecular formula is C10H16F3NO3. The van der Waals surface area contributed by atoms with Gasteiger partial charge in [0.2, 0.25) is 5.91 Å². The van der Waals surface area contributed by atoms with Crippen LogP contribution in [0, 0.1) is 5.92 Å². The van der Waals surface area contributed by atoms with Crippen molar-refractivity contribution in [1.82, 2.24) is 5.32 Å². The Balaban J connectivity index is 2.04. The Morgan fingerprint density at radius 3 is 2.59 bits per heavy atom. The quantitative estimate of drug-likeness (QED) is 0.748. The fraction of sp³-hybridized carbons (Fsp3) is 0.900. The number of carbonyl (C=O) groups is 1. The van der Waals surface area contributed by atoms with E-state index in [1.807, 2.05) is 0 Å². The first kappa shape index (κ1) is 14.2. The van der Waals surface area contributed by atoms with Crippen LogP contribution in [0.3, 0.4) is 0 Å². The molecule has 0 aromatic rings. The van der Waals surface area contributed by atoms with Gasteiger partial charge in [0.25, 0.3) is 0 Å². The second-order valence-electron chi connectivity index (χ2n) is 3.85. The molecule has 1 saturated heterocycles. The summed E-state index contributed by atoms with van der Waals surface area (Å²) in [4.78, 5) is 11.5. The number of rotatable bonds is 5. The summed E-state index contributed by atoms with van der Waals surface area (Å²) in [5, 5.41) is 2.55. The van der Waals surface area contributed by atoms with Gasteiger partial charge in [0.1, 0.15) is 6.61 Å². The van der Waals surface area contributed by atoms with Gasteiger partial charge in [-0.15, -0.1) is 0 Å². The van der Waals surface area contributed by atoms with E-state index in [1.165, 1.54) is 0 Å². The largest absolute Gasteiger partial charge is 0.411 e. The maximum atomic E-state index is 11.7. The molecule has 0 spiro atoms. The summed E-state index contributed by atoms with van der Waals surface area (Å²) in [5.41, 5.74) is 0. The molecule has 0 radical (unpaired) electrons. The van der Waals surface area contributed by atoms with Gasteiger partial charge in [-0.1, -0.05) is 0 Å². The minimum absolute atomic E-state index is 0.0913. The van der Waals surface area contributed by atoms with Crippen molar-refractivity contribution < 1.29 is 27.4 Å². The molecule has 0 saturated carbocycles. The van der Waals surface area contributed by atoms with Crippen molar-refractivity contribution in [2.45, 2.75) is 19.0 Å². The molecule has 4 nitrogen and oxygen atoms in total. The first-order valence-electron chi connectivity index (χ1n) is 5.49. The summed E-state index contributed by atoms with van der Waals surface area (Å²) in [6.07, 6.45) is -2.99. The molecule has 0 atom stereocenters. The predicted molar refractivity (Wildman–Crippen MR) is 53.4 cm³/mol. The van der Waals surface area contributed by atoms with Crippen molar-refractivity contribution in [2.75, 3.05) is 33.0 Å². The zero-order valence-electron chi connectivity index (χ0n) is 9.39. The van der Waals surface area contributed by atoms with Crippen LogP contribution in [-0.4, -0.2) is 45.1 Å². The topological polar surface area (TPSA) is 47.6 Å². The molecule has 7 heteroatoms. The third-order valence-electron chi connectivity index (χ3n) is 2.40. The number of alkyl halides is 3. The third-order valence-corrected chi connectivity index (χ3v) is 2.40. The molecule has 0 unspecified atom stereocenters. The van der Waals surface area contributed by atoms with E-state index in [2.05, 4.69) is 10.1 Å². The van der Waals surface area contributed by atoms with E-state index in [-0.39, 0.29) is 25.0 Å². The molecule has 1 fully saturated rings. The standard InChI is InChI=1S/C10H16F3NO3/c11-10(12,13)7-17-6-3-14-9(15)8-1-4-16-5-2-8/h8H,1-7H2,(H,14,15). The molecular weight excluding hydrogens is 239 g/mol. The maximum absolute atomic E-state index is 11.7. The van der Waals surface area contributed by atoms with Crippen molar-refractivity contribution in [2.24, 2.45) is 5.92 Å². The molecule has 0 aromatic carbocycles. The molecule has 0 bridgehead atoms. The number of carbonyl (C=O) groups excluding carboxylic acids is 1. The molecule has 1 amide bonds. The van der Waals surface area contributed by atoms with Crippen molar-refractivity contribution in [3.8, 4) is 0 Å². The minimum atomic E-state index is -4.31. The number of ether oxygens (including phenoxy) is 2. The van der Waals surface area contributed by atoms with Crippen LogP contribution in [-0.2, 0) is 14.3 Å². The van der Waals surface area contributed by atoms with Crippen molar-refractivity contribution >= 4 is 5.91 Å². The van der Waals surface area contributed by atoms with Gasteiger partial charge < -0.3 is 14.8 Å². The number of nitrogens with one attached hydrogen (secondary N) is 1. The van der Waals surface area contributed by atoms with E-state index >= 15 is 0 Å². The molecule has 1 aliphatic rings. The Labute approximate surface area is 97.5 Å². The van der Waals surface area contributed by atoms with Gasteiger partial charge in [-0.3, -0.25) is 4.79 Å². The summed E-state index contributed by atoms with van der Waals surface area (Å²) >= 11 is 0. The fourth-order valence-corrected chi connectivity index (χ4v) is 1.54. The Morgan fingerprint density at radius 1 is 1.35 bits per heavy atom. The van der Waals surface area contributed by atoms with Crippen LogP contribution < -0.4 is 5.32 Å². The summed E-state index contributed by atoms with van der Waals surface area (Å²) in [6, 6.07) is 0. The van der Waals surface area contributed by atoms with Crippen LogP contribution in [0.15, 0.2) is 0 Å². The lowest BCUT2D eigenvalue weighted by Crippen LogP contribution is -2.36. The van der Waals surface area contributed by atoms with Crippen LogP contribution in [0.25, 0.3) is 0 Å². The van der Waals surface area contributed by atoms with E-state index < -0.39 is 12.8 Å². The first-order valence-corrected chi connectivity index (χ1v) is 5.49. The molecule has 100 valence electrons. The zero-order chi connectivity index (χ0) is 12.7. The smallest absolute Gasteiger partial charge is 0.381 e. The maximum Gasteiger partial charge on any atom is 0.411 e. The Kier molecular flexibility index (Phi) is 5.70. The molecule has 1 N–H and O–H groups in total. The van der Waals surface area contributed by atoms with Gasteiger partial charge >= 0.3 is 6.18 Å².